The number of rotatable bonds is 4. The van der Waals surface area contributed by atoms with Gasteiger partial charge in [0.05, 0.1) is 0 Å². The zero-order valence-electron chi connectivity index (χ0n) is 14.4. The van der Waals surface area contributed by atoms with Gasteiger partial charge in [0.25, 0.3) is 0 Å². The Morgan fingerprint density at radius 2 is 1.16 bits per heavy atom. The summed E-state index contributed by atoms with van der Waals surface area (Å²) in [5.74, 6) is 1.59. The van der Waals surface area contributed by atoms with Crippen molar-refractivity contribution in [3.63, 3.8) is 0 Å². The first-order valence-corrected chi connectivity index (χ1v) is 8.08. The van der Waals surface area contributed by atoms with Gasteiger partial charge in [-0.1, -0.05) is 98.1 Å². The van der Waals surface area contributed by atoms with Crippen molar-refractivity contribution in [3.8, 4) is 0 Å². The molecule has 0 saturated carbocycles. The van der Waals surface area contributed by atoms with E-state index in [1.54, 1.807) is 0 Å². The molecule has 0 heteroatoms. The van der Waals surface area contributed by atoms with Gasteiger partial charge in [0.2, 0.25) is 0 Å². The summed E-state index contributed by atoms with van der Waals surface area (Å²) in [6, 6.07) is 10.6. The number of unbranched alkanes of at least 4 members (excludes halogenated alkanes) is 1. The van der Waals surface area contributed by atoms with E-state index in [4.69, 9.17) is 0 Å². The minimum absolute atomic E-state index is 0.709. The maximum absolute atomic E-state index is 2.26. The predicted octanol–water partition coefficient (Wildman–Crippen LogP) is 7.06. The normalized spacial score (nSPS) is 10.9. The fourth-order valence-electron chi connectivity index (χ4n) is 1.02. The molecule has 112 valence electrons. The van der Waals surface area contributed by atoms with E-state index in [0.717, 1.165) is 5.92 Å². The van der Waals surface area contributed by atoms with Gasteiger partial charge >= 0.3 is 0 Å². The second-order valence-electron chi connectivity index (χ2n) is 5.52. The maximum Gasteiger partial charge on any atom is -0.0193 e. The van der Waals surface area contributed by atoms with Gasteiger partial charge in [-0.05, 0) is 23.8 Å². The summed E-state index contributed by atoms with van der Waals surface area (Å²) in [5, 5.41) is 0. The van der Waals surface area contributed by atoms with Gasteiger partial charge in [0, 0.05) is 0 Å². The third-order valence-corrected chi connectivity index (χ3v) is 3.30. The van der Waals surface area contributed by atoms with Gasteiger partial charge in [0.1, 0.15) is 0 Å². The van der Waals surface area contributed by atoms with Crippen LogP contribution in [-0.2, 0) is 0 Å². The Morgan fingerprint density at radius 3 is 1.42 bits per heavy atom. The van der Waals surface area contributed by atoms with Gasteiger partial charge < -0.3 is 0 Å². The van der Waals surface area contributed by atoms with Crippen LogP contribution >= 0.6 is 0 Å². The lowest BCUT2D eigenvalue weighted by Gasteiger charge is -2.06. The lowest BCUT2D eigenvalue weighted by atomic mass is 9.99. The molecule has 0 radical (unpaired) electrons. The molecule has 0 aliphatic carbocycles. The molecular formula is C19H36. The Kier molecular flexibility index (Phi) is 16.5. The Morgan fingerprint density at radius 1 is 0.737 bits per heavy atom. The molecule has 1 aromatic rings. The van der Waals surface area contributed by atoms with E-state index in [0.29, 0.717) is 5.92 Å². The topological polar surface area (TPSA) is 0 Å². The monoisotopic (exact) mass is 264 g/mol. The highest BCUT2D eigenvalue weighted by Crippen LogP contribution is 2.16. The fraction of sp³-hybridized carbons (Fsp3) is 0.684. The number of hydrogen-bond acceptors (Lipinski definition) is 0. The molecule has 19 heavy (non-hydrogen) atoms. The van der Waals surface area contributed by atoms with Gasteiger partial charge in [-0.3, -0.25) is 0 Å². The molecule has 0 nitrogen and oxygen atoms in total. The minimum Gasteiger partial charge on any atom is -0.0654 e. The van der Waals surface area contributed by atoms with Crippen LogP contribution in [0.4, 0.5) is 0 Å². The summed E-state index contributed by atoms with van der Waals surface area (Å²) >= 11 is 0. The minimum atomic E-state index is 0.709. The summed E-state index contributed by atoms with van der Waals surface area (Å²) in [6.45, 7) is 15.5. The van der Waals surface area contributed by atoms with Crippen molar-refractivity contribution in [1.29, 1.82) is 0 Å². The van der Waals surface area contributed by atoms with Gasteiger partial charge in [0.15, 0.2) is 0 Å². The van der Waals surface area contributed by atoms with Gasteiger partial charge in [-0.2, -0.15) is 0 Å². The lowest BCUT2D eigenvalue weighted by Crippen LogP contribution is -1.88. The zero-order chi connectivity index (χ0) is 15.1. The molecule has 0 fully saturated rings. The lowest BCUT2D eigenvalue weighted by molar-refractivity contribution is 0.626. The second-order valence-corrected chi connectivity index (χ2v) is 5.52. The molecule has 1 atom stereocenters. The first-order valence-electron chi connectivity index (χ1n) is 8.08. The molecule has 1 unspecified atom stereocenters. The van der Waals surface area contributed by atoms with Crippen LogP contribution in [0.1, 0.15) is 85.6 Å². The molecule has 0 bridgehead atoms. The van der Waals surface area contributed by atoms with Crippen molar-refractivity contribution in [2.45, 2.75) is 80.1 Å². The van der Waals surface area contributed by atoms with Crippen LogP contribution in [0.2, 0.25) is 0 Å². The molecule has 0 amide bonds. The summed E-state index contributed by atoms with van der Waals surface area (Å²) in [5.41, 5.74) is 1.45. The molecule has 1 aromatic carbocycles. The molecule has 0 saturated heterocycles. The summed E-state index contributed by atoms with van der Waals surface area (Å²) < 4.78 is 0. The average molecular weight is 264 g/mol. The van der Waals surface area contributed by atoms with E-state index in [-0.39, 0.29) is 0 Å². The summed E-state index contributed by atoms with van der Waals surface area (Å²) in [7, 11) is 0. The Bertz CT molecular complexity index is 246. The average Bonchev–Trinajstić information content (AvgIpc) is 2.48. The van der Waals surface area contributed by atoms with Crippen LogP contribution in [0, 0.1) is 5.92 Å². The first-order chi connectivity index (χ1) is 9.03. The second kappa shape index (κ2) is 15.3. The molecule has 0 heterocycles. The molecule has 0 aliphatic heterocycles. The third kappa shape index (κ3) is 15.2. The molecule has 1 rings (SSSR count). The van der Waals surface area contributed by atoms with Crippen molar-refractivity contribution >= 4 is 0 Å². The zero-order valence-corrected chi connectivity index (χ0v) is 14.4. The highest BCUT2D eigenvalue weighted by atomic mass is 14.0. The molecule has 0 aromatic heterocycles. The van der Waals surface area contributed by atoms with Crippen molar-refractivity contribution in [1.82, 2.24) is 0 Å². The third-order valence-electron chi connectivity index (χ3n) is 3.30. The molecule has 0 spiro atoms. The quantitative estimate of drug-likeness (QED) is 0.546. The van der Waals surface area contributed by atoms with Crippen molar-refractivity contribution in [2.75, 3.05) is 0 Å². The number of hydrogen-bond donors (Lipinski definition) is 0. The SMILES string of the molecule is CCC(C)C.CCC(C)c1ccccc1.CCCC. The van der Waals surface area contributed by atoms with E-state index >= 15 is 0 Å². The smallest absolute Gasteiger partial charge is 0.0193 e. The highest BCUT2D eigenvalue weighted by molar-refractivity contribution is 5.18. The van der Waals surface area contributed by atoms with Gasteiger partial charge in [-0.15, -0.1) is 0 Å². The predicted molar refractivity (Wildman–Crippen MR) is 90.9 cm³/mol. The van der Waals surface area contributed by atoms with E-state index in [1.807, 2.05) is 0 Å². The van der Waals surface area contributed by atoms with E-state index in [9.17, 15) is 0 Å². The van der Waals surface area contributed by atoms with E-state index < -0.39 is 0 Å². The van der Waals surface area contributed by atoms with Crippen molar-refractivity contribution in [2.24, 2.45) is 5.92 Å². The van der Waals surface area contributed by atoms with E-state index in [2.05, 4.69) is 78.8 Å². The summed E-state index contributed by atoms with van der Waals surface area (Å²) in [6.07, 6.45) is 5.17. The fourth-order valence-corrected chi connectivity index (χ4v) is 1.02. The van der Waals surface area contributed by atoms with Crippen LogP contribution in [0.25, 0.3) is 0 Å². The standard InChI is InChI=1S/C10H14.C5H12.C4H10/c1-3-9(2)10-7-5-4-6-8-10;1-4-5(2)3;1-3-4-2/h4-9H,3H2,1-2H3;5H,4H2,1-3H3;3-4H2,1-2H3. The number of benzene rings is 1. The van der Waals surface area contributed by atoms with E-state index in [1.165, 1.54) is 31.2 Å². The molecule has 0 aliphatic rings. The largest absolute Gasteiger partial charge is 0.0654 e. The van der Waals surface area contributed by atoms with Crippen molar-refractivity contribution in [3.05, 3.63) is 35.9 Å². The van der Waals surface area contributed by atoms with Crippen molar-refractivity contribution < 1.29 is 0 Å². The van der Waals surface area contributed by atoms with Crippen LogP contribution in [-0.4, -0.2) is 0 Å². The Labute approximate surface area is 122 Å². The van der Waals surface area contributed by atoms with Crippen LogP contribution in [0.15, 0.2) is 30.3 Å². The van der Waals surface area contributed by atoms with Crippen LogP contribution in [0.5, 0.6) is 0 Å². The first kappa shape index (κ1) is 20.5. The molecule has 0 N–H and O–H groups in total. The Hall–Kier alpha value is -0.780. The Balaban J connectivity index is 0. The summed E-state index contributed by atoms with van der Waals surface area (Å²) in [4.78, 5) is 0. The van der Waals surface area contributed by atoms with Gasteiger partial charge in [-0.25, -0.2) is 0 Å². The van der Waals surface area contributed by atoms with Crippen LogP contribution < -0.4 is 0 Å². The van der Waals surface area contributed by atoms with Crippen LogP contribution in [0.3, 0.4) is 0 Å². The molecular weight excluding hydrogens is 228 g/mol. The highest BCUT2D eigenvalue weighted by Gasteiger charge is 1.98. The maximum atomic E-state index is 2.26.